The molecular weight excluding hydrogens is 248 g/mol. The Morgan fingerprint density at radius 3 is 2.94 bits per heavy atom. The Morgan fingerprint density at radius 2 is 2.28 bits per heavy atom. The number of pyridine rings is 1. The fraction of sp³-hybridized carbons (Fsp3) is 0.462. The van der Waals surface area contributed by atoms with Gasteiger partial charge < -0.3 is 0 Å². The molecule has 1 aromatic rings. The van der Waals surface area contributed by atoms with Crippen LogP contribution in [0, 0.1) is 5.41 Å². The van der Waals surface area contributed by atoms with Crippen LogP contribution >= 0.6 is 11.8 Å². The maximum atomic E-state index is 12.4. The maximum Gasteiger partial charge on any atom is 0.237 e. The van der Waals surface area contributed by atoms with E-state index in [1.54, 1.807) is 18.0 Å². The third kappa shape index (κ3) is 1.82. The van der Waals surface area contributed by atoms with Gasteiger partial charge in [0.2, 0.25) is 11.8 Å². The van der Waals surface area contributed by atoms with Crippen molar-refractivity contribution in [2.45, 2.75) is 19.4 Å². The molecule has 2 aliphatic rings. The third-order valence-electron chi connectivity index (χ3n) is 3.64. The smallest absolute Gasteiger partial charge is 0.237 e. The van der Waals surface area contributed by atoms with Gasteiger partial charge in [-0.15, -0.1) is 0 Å². The average molecular weight is 262 g/mol. The van der Waals surface area contributed by atoms with Crippen molar-refractivity contribution >= 4 is 23.6 Å². The highest BCUT2D eigenvalue weighted by Crippen LogP contribution is 2.45. The fourth-order valence-electron chi connectivity index (χ4n) is 2.59. The number of thioether (sulfide) groups is 1. The molecule has 94 valence electrons. The molecule has 0 saturated carbocycles. The molecule has 0 radical (unpaired) electrons. The van der Waals surface area contributed by atoms with Gasteiger partial charge in [-0.3, -0.25) is 19.5 Å². The van der Waals surface area contributed by atoms with Crippen molar-refractivity contribution in [1.29, 1.82) is 0 Å². The van der Waals surface area contributed by atoms with Crippen molar-refractivity contribution in [1.82, 2.24) is 9.88 Å². The second-order valence-electron chi connectivity index (χ2n) is 4.87. The number of amides is 2. The van der Waals surface area contributed by atoms with E-state index in [0.717, 1.165) is 23.6 Å². The van der Waals surface area contributed by atoms with Gasteiger partial charge in [0.15, 0.2) is 0 Å². The summed E-state index contributed by atoms with van der Waals surface area (Å²) in [5.74, 6) is 1.73. The number of aromatic nitrogens is 1. The van der Waals surface area contributed by atoms with Crippen LogP contribution in [0.1, 0.15) is 18.5 Å². The summed E-state index contributed by atoms with van der Waals surface area (Å²) in [4.78, 5) is 30.0. The first-order chi connectivity index (χ1) is 8.71. The lowest BCUT2D eigenvalue weighted by Crippen LogP contribution is -2.35. The van der Waals surface area contributed by atoms with Crippen LogP contribution in [0.2, 0.25) is 0 Å². The van der Waals surface area contributed by atoms with Crippen LogP contribution in [0.4, 0.5) is 0 Å². The SMILES string of the molecule is O=C1CC2(CCSC2)C(=O)N1Cc1ccccn1. The summed E-state index contributed by atoms with van der Waals surface area (Å²) >= 11 is 1.77. The molecule has 4 nitrogen and oxygen atoms in total. The van der Waals surface area contributed by atoms with Crippen molar-refractivity contribution in [2.24, 2.45) is 5.41 Å². The normalized spacial score (nSPS) is 27.4. The average Bonchev–Trinajstić information content (AvgIpc) is 2.93. The monoisotopic (exact) mass is 262 g/mol. The first-order valence-electron chi connectivity index (χ1n) is 6.04. The van der Waals surface area contributed by atoms with E-state index in [1.165, 1.54) is 4.90 Å². The number of rotatable bonds is 2. The standard InChI is InChI=1S/C13H14N2O2S/c16-11-7-13(4-6-18-9-13)12(17)15(11)8-10-3-1-2-5-14-10/h1-3,5H,4,6-9H2. The summed E-state index contributed by atoms with van der Waals surface area (Å²) < 4.78 is 0. The lowest BCUT2D eigenvalue weighted by molar-refractivity contribution is -0.141. The van der Waals surface area contributed by atoms with Gasteiger partial charge in [-0.1, -0.05) is 6.07 Å². The molecular formula is C13H14N2O2S. The number of imide groups is 1. The minimum Gasteiger partial charge on any atom is -0.276 e. The predicted molar refractivity (Wildman–Crippen MR) is 68.8 cm³/mol. The summed E-state index contributed by atoms with van der Waals surface area (Å²) in [6.45, 7) is 0.310. The Balaban J connectivity index is 1.81. The molecule has 1 unspecified atom stereocenters. The van der Waals surface area contributed by atoms with E-state index in [1.807, 2.05) is 18.2 Å². The largest absolute Gasteiger partial charge is 0.276 e. The molecule has 1 atom stereocenters. The molecule has 3 rings (SSSR count). The zero-order valence-electron chi connectivity index (χ0n) is 9.96. The zero-order chi connectivity index (χ0) is 12.6. The Bertz CT molecular complexity index is 483. The van der Waals surface area contributed by atoms with Crippen LogP contribution in [-0.2, 0) is 16.1 Å². The Kier molecular flexibility index (Phi) is 2.86. The van der Waals surface area contributed by atoms with E-state index in [9.17, 15) is 9.59 Å². The van der Waals surface area contributed by atoms with Crippen LogP contribution in [-0.4, -0.2) is 33.2 Å². The van der Waals surface area contributed by atoms with Gasteiger partial charge in [0.1, 0.15) is 0 Å². The molecule has 1 spiro atoms. The lowest BCUT2D eigenvalue weighted by Gasteiger charge is -2.19. The molecule has 2 amide bonds. The molecule has 18 heavy (non-hydrogen) atoms. The van der Waals surface area contributed by atoms with Crippen LogP contribution in [0.15, 0.2) is 24.4 Å². The summed E-state index contributed by atoms with van der Waals surface area (Å²) in [5.41, 5.74) is 0.359. The van der Waals surface area contributed by atoms with Crippen molar-refractivity contribution in [3.8, 4) is 0 Å². The van der Waals surface area contributed by atoms with Gasteiger partial charge in [-0.25, -0.2) is 0 Å². The molecule has 0 bridgehead atoms. The van der Waals surface area contributed by atoms with E-state index in [2.05, 4.69) is 4.98 Å². The van der Waals surface area contributed by atoms with Crippen molar-refractivity contribution < 1.29 is 9.59 Å². The molecule has 0 N–H and O–H groups in total. The molecule has 3 heterocycles. The van der Waals surface area contributed by atoms with Gasteiger partial charge in [0.05, 0.1) is 17.7 Å². The number of carbonyl (C=O) groups excluding carboxylic acids is 2. The van der Waals surface area contributed by atoms with Crippen LogP contribution in [0.5, 0.6) is 0 Å². The van der Waals surface area contributed by atoms with Gasteiger partial charge in [-0.2, -0.15) is 11.8 Å². The first-order valence-corrected chi connectivity index (χ1v) is 7.19. The Hall–Kier alpha value is -1.36. The molecule has 2 fully saturated rings. The number of nitrogens with zero attached hydrogens (tertiary/aromatic N) is 2. The number of likely N-dealkylation sites (tertiary alicyclic amines) is 1. The Labute approximate surface area is 110 Å². The third-order valence-corrected chi connectivity index (χ3v) is 4.89. The van der Waals surface area contributed by atoms with Gasteiger partial charge in [0, 0.05) is 18.4 Å². The van der Waals surface area contributed by atoms with Gasteiger partial charge >= 0.3 is 0 Å². The van der Waals surface area contributed by atoms with Gasteiger partial charge in [0.25, 0.3) is 0 Å². The highest BCUT2D eigenvalue weighted by atomic mass is 32.2. The number of carbonyl (C=O) groups is 2. The summed E-state index contributed by atoms with van der Waals surface area (Å²) in [7, 11) is 0. The predicted octanol–water partition coefficient (Wildman–Crippen LogP) is 1.46. The second-order valence-corrected chi connectivity index (χ2v) is 5.97. The minimum atomic E-state index is -0.406. The van der Waals surface area contributed by atoms with Crippen molar-refractivity contribution in [3.63, 3.8) is 0 Å². The molecule has 2 aliphatic heterocycles. The number of hydrogen-bond acceptors (Lipinski definition) is 4. The molecule has 5 heteroatoms. The van der Waals surface area contributed by atoms with Crippen LogP contribution in [0.25, 0.3) is 0 Å². The summed E-state index contributed by atoms with van der Waals surface area (Å²) in [5, 5.41) is 0. The summed E-state index contributed by atoms with van der Waals surface area (Å²) in [6.07, 6.45) is 2.90. The minimum absolute atomic E-state index is 0.00292. The van der Waals surface area contributed by atoms with Crippen molar-refractivity contribution in [2.75, 3.05) is 11.5 Å². The number of hydrogen-bond donors (Lipinski definition) is 0. The zero-order valence-corrected chi connectivity index (χ0v) is 10.8. The lowest BCUT2D eigenvalue weighted by atomic mass is 9.86. The molecule has 0 aliphatic carbocycles. The van der Waals surface area contributed by atoms with Crippen LogP contribution < -0.4 is 0 Å². The molecule has 2 saturated heterocycles. The Morgan fingerprint density at radius 1 is 1.39 bits per heavy atom. The maximum absolute atomic E-state index is 12.4. The summed E-state index contributed by atoms with van der Waals surface area (Å²) in [6, 6.07) is 5.54. The van der Waals surface area contributed by atoms with E-state index in [4.69, 9.17) is 0 Å². The highest BCUT2D eigenvalue weighted by molar-refractivity contribution is 7.99. The van der Waals surface area contributed by atoms with Crippen molar-refractivity contribution in [3.05, 3.63) is 30.1 Å². The van der Waals surface area contributed by atoms with E-state index >= 15 is 0 Å². The topological polar surface area (TPSA) is 50.3 Å². The molecule has 1 aromatic heterocycles. The first kappa shape index (κ1) is 11.7. The quantitative estimate of drug-likeness (QED) is 0.757. The van der Waals surface area contributed by atoms with Gasteiger partial charge in [-0.05, 0) is 24.3 Å². The highest BCUT2D eigenvalue weighted by Gasteiger charge is 2.52. The van der Waals surface area contributed by atoms with E-state index in [0.29, 0.717) is 13.0 Å². The van der Waals surface area contributed by atoms with E-state index < -0.39 is 5.41 Å². The molecule has 0 aromatic carbocycles. The van der Waals surface area contributed by atoms with Crippen LogP contribution in [0.3, 0.4) is 0 Å². The second kappa shape index (κ2) is 4.39. The fourth-order valence-corrected chi connectivity index (χ4v) is 4.03. The van der Waals surface area contributed by atoms with E-state index in [-0.39, 0.29) is 11.8 Å².